The highest BCUT2D eigenvalue weighted by Gasteiger charge is 2.02. The summed E-state index contributed by atoms with van der Waals surface area (Å²) in [6, 6.07) is 0. The van der Waals surface area contributed by atoms with Crippen molar-refractivity contribution in [2.45, 2.75) is 19.9 Å². The van der Waals surface area contributed by atoms with E-state index in [1.807, 2.05) is 6.92 Å². The minimum atomic E-state index is -0.0178. The lowest BCUT2D eigenvalue weighted by Crippen LogP contribution is -2.27. The smallest absolute Gasteiger partial charge is 0.221 e. The molecule has 0 bridgehead atoms. The van der Waals surface area contributed by atoms with Crippen LogP contribution in [0.5, 0.6) is 0 Å². The van der Waals surface area contributed by atoms with Crippen LogP contribution in [-0.4, -0.2) is 29.1 Å². The van der Waals surface area contributed by atoms with Crippen molar-refractivity contribution in [2.24, 2.45) is 0 Å². The fraction of sp³-hybridized carbons (Fsp3) is 0.625. The number of hydrogen-bond donors (Lipinski definition) is 2. The fourth-order valence-corrected chi connectivity index (χ4v) is 0.915. The average Bonchev–Trinajstić information content (AvgIpc) is 2.68. The number of hydrogen-bond acceptors (Lipinski definition) is 5. The minimum Gasteiger partial charge on any atom is -0.349 e. The van der Waals surface area contributed by atoms with Crippen molar-refractivity contribution >= 4 is 5.91 Å². The van der Waals surface area contributed by atoms with Crippen LogP contribution in [0.25, 0.3) is 0 Å². The van der Waals surface area contributed by atoms with E-state index in [9.17, 15) is 4.79 Å². The lowest BCUT2D eigenvalue weighted by atomic mass is 10.4. The van der Waals surface area contributed by atoms with Gasteiger partial charge in [0.2, 0.25) is 12.3 Å². The molecule has 14 heavy (non-hydrogen) atoms. The van der Waals surface area contributed by atoms with Crippen LogP contribution in [0.4, 0.5) is 0 Å². The van der Waals surface area contributed by atoms with Gasteiger partial charge in [-0.3, -0.25) is 4.79 Å². The molecular formula is C8H14N4O2. The Balaban J connectivity index is 2.09. The zero-order chi connectivity index (χ0) is 10.2. The van der Waals surface area contributed by atoms with E-state index in [2.05, 4.69) is 25.3 Å². The molecule has 1 rings (SSSR count). The van der Waals surface area contributed by atoms with Gasteiger partial charge in [0.1, 0.15) is 0 Å². The first kappa shape index (κ1) is 10.6. The van der Waals surface area contributed by atoms with Gasteiger partial charge < -0.3 is 15.2 Å². The van der Waals surface area contributed by atoms with Gasteiger partial charge in [0.25, 0.3) is 0 Å². The third kappa shape index (κ3) is 3.99. The van der Waals surface area contributed by atoms with Crippen molar-refractivity contribution in [3.05, 3.63) is 12.2 Å². The summed E-state index contributed by atoms with van der Waals surface area (Å²) < 4.78 is 4.52. The maximum atomic E-state index is 11.2. The second-order valence-electron chi connectivity index (χ2n) is 2.73. The molecule has 0 aliphatic heterocycles. The van der Waals surface area contributed by atoms with Gasteiger partial charge in [-0.05, 0) is 6.54 Å². The standard InChI is InChI=1S/C8H14N4O2/c1-2-9-4-3-8(13)10-5-7-11-6-14-12-7/h6,9H,2-5H2,1H3,(H,10,13). The van der Waals surface area contributed by atoms with Crippen molar-refractivity contribution in [1.29, 1.82) is 0 Å². The monoisotopic (exact) mass is 198 g/mol. The summed E-state index contributed by atoms with van der Waals surface area (Å²) in [6.45, 7) is 3.88. The predicted octanol–water partition coefficient (Wildman–Crippen LogP) is -0.315. The minimum absolute atomic E-state index is 0.0178. The van der Waals surface area contributed by atoms with E-state index in [-0.39, 0.29) is 5.91 Å². The zero-order valence-corrected chi connectivity index (χ0v) is 8.12. The molecule has 0 unspecified atom stereocenters. The summed E-state index contributed by atoms with van der Waals surface area (Å²) in [6.07, 6.45) is 1.70. The molecule has 0 aliphatic carbocycles. The van der Waals surface area contributed by atoms with E-state index in [1.54, 1.807) is 0 Å². The van der Waals surface area contributed by atoms with Crippen LogP contribution < -0.4 is 10.6 Å². The second kappa shape index (κ2) is 6.09. The Hall–Kier alpha value is -1.43. The van der Waals surface area contributed by atoms with Gasteiger partial charge in [-0.1, -0.05) is 12.1 Å². The first-order valence-corrected chi connectivity index (χ1v) is 4.55. The van der Waals surface area contributed by atoms with Crippen molar-refractivity contribution < 1.29 is 9.32 Å². The number of aromatic nitrogens is 2. The SMILES string of the molecule is CCNCCC(=O)NCc1ncon1. The fourth-order valence-electron chi connectivity index (χ4n) is 0.915. The third-order valence-electron chi connectivity index (χ3n) is 1.63. The average molecular weight is 198 g/mol. The summed E-state index contributed by atoms with van der Waals surface area (Å²) in [5, 5.41) is 9.31. The molecule has 2 N–H and O–H groups in total. The summed E-state index contributed by atoms with van der Waals surface area (Å²) in [5.41, 5.74) is 0. The molecule has 0 spiro atoms. The van der Waals surface area contributed by atoms with Crippen LogP contribution in [0, 0.1) is 0 Å². The van der Waals surface area contributed by atoms with Gasteiger partial charge in [0.15, 0.2) is 5.82 Å². The van der Waals surface area contributed by atoms with Gasteiger partial charge >= 0.3 is 0 Å². The summed E-state index contributed by atoms with van der Waals surface area (Å²) >= 11 is 0. The Morgan fingerprint density at radius 1 is 1.64 bits per heavy atom. The van der Waals surface area contributed by atoms with E-state index in [1.165, 1.54) is 6.39 Å². The summed E-state index contributed by atoms with van der Waals surface area (Å²) in [4.78, 5) is 15.0. The van der Waals surface area contributed by atoms with Gasteiger partial charge in [0.05, 0.1) is 6.54 Å². The van der Waals surface area contributed by atoms with Crippen molar-refractivity contribution in [1.82, 2.24) is 20.8 Å². The van der Waals surface area contributed by atoms with Crippen molar-refractivity contribution in [2.75, 3.05) is 13.1 Å². The van der Waals surface area contributed by atoms with Crippen LogP contribution in [0.15, 0.2) is 10.9 Å². The van der Waals surface area contributed by atoms with Crippen molar-refractivity contribution in [3.63, 3.8) is 0 Å². The quantitative estimate of drug-likeness (QED) is 0.613. The van der Waals surface area contributed by atoms with Crippen molar-refractivity contribution in [3.8, 4) is 0 Å². The molecule has 1 amide bonds. The predicted molar refractivity (Wildman–Crippen MR) is 49.3 cm³/mol. The number of rotatable bonds is 6. The Morgan fingerprint density at radius 2 is 2.50 bits per heavy atom. The van der Waals surface area contributed by atoms with E-state index in [0.717, 1.165) is 6.54 Å². The third-order valence-corrected chi connectivity index (χ3v) is 1.63. The topological polar surface area (TPSA) is 80.0 Å². The molecule has 0 atom stereocenters. The highest BCUT2D eigenvalue weighted by atomic mass is 16.5. The molecule has 0 fully saturated rings. The highest BCUT2D eigenvalue weighted by Crippen LogP contribution is 1.87. The molecular weight excluding hydrogens is 184 g/mol. The van der Waals surface area contributed by atoms with E-state index in [4.69, 9.17) is 0 Å². The summed E-state index contributed by atoms with van der Waals surface area (Å²) in [5.74, 6) is 0.470. The van der Waals surface area contributed by atoms with Crippen LogP contribution in [-0.2, 0) is 11.3 Å². The molecule has 1 aromatic heterocycles. The Labute approximate surface area is 82.1 Å². The maximum absolute atomic E-state index is 11.2. The van der Waals surface area contributed by atoms with Crippen LogP contribution in [0.3, 0.4) is 0 Å². The van der Waals surface area contributed by atoms with Gasteiger partial charge in [-0.2, -0.15) is 4.98 Å². The Bertz CT molecular complexity index is 260. The Morgan fingerprint density at radius 3 is 3.14 bits per heavy atom. The van der Waals surface area contributed by atoms with Gasteiger partial charge in [-0.25, -0.2) is 0 Å². The largest absolute Gasteiger partial charge is 0.349 e. The van der Waals surface area contributed by atoms with Crippen LogP contribution in [0.2, 0.25) is 0 Å². The molecule has 1 aromatic rings. The Kier molecular flexibility index (Phi) is 4.63. The number of nitrogens with one attached hydrogen (secondary N) is 2. The zero-order valence-electron chi connectivity index (χ0n) is 8.12. The number of amides is 1. The van der Waals surface area contributed by atoms with E-state index in [0.29, 0.717) is 25.3 Å². The molecule has 0 aromatic carbocycles. The molecule has 0 aliphatic rings. The number of carbonyl (C=O) groups is 1. The van der Waals surface area contributed by atoms with Gasteiger partial charge in [0, 0.05) is 13.0 Å². The first-order valence-electron chi connectivity index (χ1n) is 4.55. The molecule has 6 heteroatoms. The first-order chi connectivity index (χ1) is 6.83. The maximum Gasteiger partial charge on any atom is 0.221 e. The molecule has 0 saturated carbocycles. The lowest BCUT2D eigenvalue weighted by molar-refractivity contribution is -0.121. The normalized spacial score (nSPS) is 10.1. The molecule has 1 heterocycles. The number of carbonyl (C=O) groups excluding carboxylic acids is 1. The number of nitrogens with zero attached hydrogens (tertiary/aromatic N) is 2. The molecule has 0 saturated heterocycles. The van der Waals surface area contributed by atoms with Gasteiger partial charge in [-0.15, -0.1) is 0 Å². The molecule has 0 radical (unpaired) electrons. The van der Waals surface area contributed by atoms with E-state index >= 15 is 0 Å². The molecule has 6 nitrogen and oxygen atoms in total. The molecule has 78 valence electrons. The van der Waals surface area contributed by atoms with Crippen LogP contribution >= 0.6 is 0 Å². The summed E-state index contributed by atoms with van der Waals surface area (Å²) in [7, 11) is 0. The highest BCUT2D eigenvalue weighted by molar-refractivity contribution is 5.75. The second-order valence-corrected chi connectivity index (χ2v) is 2.73. The van der Waals surface area contributed by atoms with E-state index < -0.39 is 0 Å². The lowest BCUT2D eigenvalue weighted by Gasteiger charge is -2.02. The van der Waals surface area contributed by atoms with Crippen LogP contribution in [0.1, 0.15) is 19.2 Å².